The molecule has 0 aromatic heterocycles. The third-order valence-corrected chi connectivity index (χ3v) is 5.88. The van der Waals surface area contributed by atoms with Gasteiger partial charge in [0.2, 0.25) is 6.29 Å². The molecule has 1 aliphatic rings. The van der Waals surface area contributed by atoms with Gasteiger partial charge in [-0.2, -0.15) is 0 Å². The van der Waals surface area contributed by atoms with Gasteiger partial charge in [0.15, 0.2) is 5.17 Å². The molecular weight excluding hydrogens is 399 g/mol. The molecule has 0 bridgehead atoms. The average molecular weight is 431 g/mol. The van der Waals surface area contributed by atoms with Crippen LogP contribution in [0.25, 0.3) is 0 Å². The van der Waals surface area contributed by atoms with Crippen molar-refractivity contribution in [3.8, 4) is 5.75 Å². The second-order valence-electron chi connectivity index (χ2n) is 8.15. The summed E-state index contributed by atoms with van der Waals surface area (Å²) < 4.78 is 26.0. The number of rotatable bonds is 8. The molecule has 0 radical (unpaired) electrons. The number of hydrogen-bond donors (Lipinski definition) is 1. The monoisotopic (exact) mass is 430 g/mol. The van der Waals surface area contributed by atoms with Crippen LogP contribution in [-0.4, -0.2) is 11.2 Å². The van der Waals surface area contributed by atoms with Crippen molar-refractivity contribution >= 4 is 16.9 Å². The van der Waals surface area contributed by atoms with E-state index in [1.54, 1.807) is 0 Å². The van der Waals surface area contributed by atoms with Gasteiger partial charge in [0.1, 0.15) is 11.6 Å². The molecule has 0 amide bonds. The summed E-state index contributed by atoms with van der Waals surface area (Å²) >= 11 is 1.42. The number of hydrogen-bond acceptors (Lipinski definition) is 4. The standard InChI is InChI=1S/C24H31FN2O2S/c1-16(2)8-7-9-17(3)27-24(26)30-15-20-13-21(25)12-19-14-28-23(29-22(19)20)18-10-5-4-6-11-18/h4-6,10-13,16-17,23H,7-9,14-15H2,1-3H3,(H2,26,27)/t17-,23-/m0/s1. The fourth-order valence-corrected chi connectivity index (χ4v) is 4.22. The van der Waals surface area contributed by atoms with Crippen LogP contribution in [0.2, 0.25) is 0 Å². The predicted molar refractivity (Wildman–Crippen MR) is 122 cm³/mol. The normalized spacial score (nSPS) is 17.5. The highest BCUT2D eigenvalue weighted by Crippen LogP contribution is 2.38. The summed E-state index contributed by atoms with van der Waals surface area (Å²) in [5, 5.41) is 0.525. The first-order valence-corrected chi connectivity index (χ1v) is 11.5. The van der Waals surface area contributed by atoms with Crippen LogP contribution in [-0.2, 0) is 17.1 Å². The lowest BCUT2D eigenvalue weighted by molar-refractivity contribution is -0.112. The molecule has 30 heavy (non-hydrogen) atoms. The molecule has 0 aliphatic carbocycles. The summed E-state index contributed by atoms with van der Waals surface area (Å²) in [5.74, 6) is 1.58. The zero-order valence-electron chi connectivity index (χ0n) is 17.9. The molecule has 6 heteroatoms. The van der Waals surface area contributed by atoms with Gasteiger partial charge in [-0.15, -0.1) is 0 Å². The number of aliphatic imine (C=N–C) groups is 1. The number of nitrogens with zero attached hydrogens (tertiary/aromatic N) is 1. The molecule has 2 atom stereocenters. The number of fused-ring (bicyclic) bond motifs is 1. The lowest BCUT2D eigenvalue weighted by atomic mass is 10.0. The Bertz CT molecular complexity index is 858. The van der Waals surface area contributed by atoms with Crippen molar-refractivity contribution in [3.05, 3.63) is 65.0 Å². The van der Waals surface area contributed by atoms with Crippen molar-refractivity contribution in [1.82, 2.24) is 0 Å². The van der Waals surface area contributed by atoms with Crippen molar-refractivity contribution < 1.29 is 13.9 Å². The smallest absolute Gasteiger partial charge is 0.227 e. The molecule has 0 fully saturated rings. The summed E-state index contributed by atoms with van der Waals surface area (Å²) in [6.07, 6.45) is 2.87. The second kappa shape index (κ2) is 10.8. The first-order valence-electron chi connectivity index (χ1n) is 10.5. The lowest BCUT2D eigenvalue weighted by Gasteiger charge is -2.28. The average Bonchev–Trinajstić information content (AvgIpc) is 2.72. The summed E-state index contributed by atoms with van der Waals surface area (Å²) in [6.45, 7) is 6.85. The van der Waals surface area contributed by atoms with Crippen molar-refractivity contribution in [2.75, 3.05) is 0 Å². The van der Waals surface area contributed by atoms with Crippen LogP contribution in [0.15, 0.2) is 47.5 Å². The molecule has 0 unspecified atom stereocenters. The van der Waals surface area contributed by atoms with E-state index in [1.165, 1.54) is 30.3 Å². The number of nitrogens with two attached hydrogens (primary N) is 1. The van der Waals surface area contributed by atoms with Crippen LogP contribution in [0.1, 0.15) is 63.0 Å². The van der Waals surface area contributed by atoms with Gasteiger partial charge in [0.25, 0.3) is 0 Å². The number of ether oxygens (including phenoxy) is 2. The quantitative estimate of drug-likeness (QED) is 0.400. The maximum absolute atomic E-state index is 14.1. The second-order valence-corrected chi connectivity index (χ2v) is 9.15. The third kappa shape index (κ3) is 6.47. The van der Waals surface area contributed by atoms with E-state index in [9.17, 15) is 4.39 Å². The Morgan fingerprint density at radius 3 is 2.70 bits per heavy atom. The highest BCUT2D eigenvalue weighted by molar-refractivity contribution is 8.13. The highest BCUT2D eigenvalue weighted by Gasteiger charge is 2.25. The first kappa shape index (κ1) is 22.6. The van der Waals surface area contributed by atoms with Gasteiger partial charge in [0, 0.05) is 28.5 Å². The van der Waals surface area contributed by atoms with E-state index in [0.29, 0.717) is 29.2 Å². The Balaban J connectivity index is 1.65. The summed E-state index contributed by atoms with van der Waals surface area (Å²) in [5.41, 5.74) is 8.56. The molecule has 162 valence electrons. The van der Waals surface area contributed by atoms with Crippen molar-refractivity contribution in [2.24, 2.45) is 16.6 Å². The maximum Gasteiger partial charge on any atom is 0.227 e. The minimum atomic E-state index is -0.500. The third-order valence-electron chi connectivity index (χ3n) is 5.02. The van der Waals surface area contributed by atoms with Crippen LogP contribution in [0, 0.1) is 11.7 Å². The largest absolute Gasteiger partial charge is 0.460 e. The van der Waals surface area contributed by atoms with E-state index in [2.05, 4.69) is 25.8 Å². The van der Waals surface area contributed by atoms with Crippen LogP contribution in [0.3, 0.4) is 0 Å². The fraction of sp³-hybridized carbons (Fsp3) is 0.458. The van der Waals surface area contributed by atoms with E-state index in [-0.39, 0.29) is 11.9 Å². The zero-order chi connectivity index (χ0) is 21.5. The van der Waals surface area contributed by atoms with Gasteiger partial charge < -0.3 is 15.2 Å². The van der Waals surface area contributed by atoms with E-state index >= 15 is 0 Å². The Morgan fingerprint density at radius 2 is 1.97 bits per heavy atom. The van der Waals surface area contributed by atoms with E-state index < -0.39 is 6.29 Å². The number of halogens is 1. The van der Waals surface area contributed by atoms with E-state index in [1.807, 2.05) is 30.3 Å². The SMILES string of the molecule is CC(C)CCC[C@H](C)N=C(N)SCc1cc(F)cc2c1O[C@@H](c1ccccc1)OC2. The first-order chi connectivity index (χ1) is 14.4. The molecule has 0 spiro atoms. The molecule has 2 aromatic rings. The minimum Gasteiger partial charge on any atom is -0.460 e. The van der Waals surface area contributed by atoms with E-state index in [4.69, 9.17) is 15.2 Å². The predicted octanol–water partition coefficient (Wildman–Crippen LogP) is 6.20. The molecule has 4 nitrogen and oxygen atoms in total. The summed E-state index contributed by atoms with van der Waals surface area (Å²) in [4.78, 5) is 4.58. The summed E-state index contributed by atoms with van der Waals surface area (Å²) in [6, 6.07) is 12.9. The molecule has 0 saturated heterocycles. The van der Waals surface area contributed by atoms with Gasteiger partial charge in [0.05, 0.1) is 6.61 Å². The van der Waals surface area contributed by atoms with Gasteiger partial charge in [-0.1, -0.05) is 68.8 Å². The molecule has 2 aromatic carbocycles. The van der Waals surface area contributed by atoms with Crippen LogP contribution < -0.4 is 10.5 Å². The molecule has 0 saturated carbocycles. The Labute approximate surface area is 183 Å². The maximum atomic E-state index is 14.1. The van der Waals surface area contributed by atoms with E-state index in [0.717, 1.165) is 29.5 Å². The molecule has 3 rings (SSSR count). The zero-order valence-corrected chi connectivity index (χ0v) is 18.8. The number of amidine groups is 1. The lowest BCUT2D eigenvalue weighted by Crippen LogP contribution is -2.19. The van der Waals surface area contributed by atoms with Gasteiger partial charge in [-0.25, -0.2) is 4.39 Å². The number of benzene rings is 2. The fourth-order valence-electron chi connectivity index (χ4n) is 3.45. The van der Waals surface area contributed by atoms with Crippen LogP contribution >= 0.6 is 11.8 Å². The molecule has 2 N–H and O–H groups in total. The van der Waals surface area contributed by atoms with Crippen LogP contribution in [0.5, 0.6) is 5.75 Å². The van der Waals surface area contributed by atoms with Gasteiger partial charge in [-0.05, 0) is 31.4 Å². The Hall–Kier alpha value is -2.05. The Morgan fingerprint density at radius 1 is 1.20 bits per heavy atom. The van der Waals surface area contributed by atoms with Gasteiger partial charge in [-0.3, -0.25) is 4.99 Å². The van der Waals surface area contributed by atoms with Crippen LogP contribution in [0.4, 0.5) is 4.39 Å². The van der Waals surface area contributed by atoms with Gasteiger partial charge >= 0.3 is 0 Å². The highest BCUT2D eigenvalue weighted by atomic mass is 32.2. The molecule has 1 aliphatic heterocycles. The molecule has 1 heterocycles. The van der Waals surface area contributed by atoms with Crippen molar-refractivity contribution in [3.63, 3.8) is 0 Å². The molecular formula is C24H31FN2O2S. The Kier molecular flexibility index (Phi) is 8.16. The van der Waals surface area contributed by atoms with Crippen molar-refractivity contribution in [2.45, 2.75) is 64.7 Å². The minimum absolute atomic E-state index is 0.185. The topological polar surface area (TPSA) is 56.8 Å². The number of thioether (sulfide) groups is 1. The van der Waals surface area contributed by atoms with Crippen molar-refractivity contribution in [1.29, 1.82) is 0 Å². The summed E-state index contributed by atoms with van der Waals surface area (Å²) in [7, 11) is 0.